The number of nitrogens with one attached hydrogen (secondary N) is 1. The van der Waals surface area contributed by atoms with Gasteiger partial charge in [0.25, 0.3) is 0 Å². The second kappa shape index (κ2) is 9.01. The second-order valence-corrected chi connectivity index (χ2v) is 10.0. The molecule has 0 aliphatic heterocycles. The van der Waals surface area contributed by atoms with E-state index in [1.165, 1.54) is 12.3 Å². The van der Waals surface area contributed by atoms with E-state index in [0.717, 1.165) is 15.3 Å². The van der Waals surface area contributed by atoms with Crippen LogP contribution in [0.4, 0.5) is 0 Å². The van der Waals surface area contributed by atoms with Gasteiger partial charge < -0.3 is 0 Å². The fourth-order valence-electron chi connectivity index (χ4n) is 3.13. The number of aryl methyl sites for hydroxylation is 2. The molecular formula is C22H20N4O3S2. The topological polar surface area (TPSA) is 102 Å². The number of rotatable bonds is 8. The maximum atomic E-state index is 12.8. The molecule has 4 aromatic rings. The zero-order chi connectivity index (χ0) is 21.8. The summed E-state index contributed by atoms with van der Waals surface area (Å²) in [6, 6.07) is 12.0. The molecule has 0 unspecified atom stereocenters. The number of para-hydroxylation sites is 1. The normalized spacial score (nSPS) is 11.6. The molecule has 0 aliphatic rings. The summed E-state index contributed by atoms with van der Waals surface area (Å²) in [5, 5.41) is 1.73. The van der Waals surface area contributed by atoms with Crippen molar-refractivity contribution < 1.29 is 13.2 Å². The van der Waals surface area contributed by atoms with E-state index in [1.807, 2.05) is 19.1 Å². The van der Waals surface area contributed by atoms with Crippen LogP contribution >= 0.6 is 11.3 Å². The highest BCUT2D eigenvalue weighted by atomic mass is 32.2. The van der Waals surface area contributed by atoms with E-state index in [0.29, 0.717) is 29.6 Å². The maximum absolute atomic E-state index is 12.8. The molecule has 0 fully saturated rings. The first-order valence-corrected chi connectivity index (χ1v) is 12.0. The third kappa shape index (κ3) is 5.01. The van der Waals surface area contributed by atoms with Gasteiger partial charge >= 0.3 is 0 Å². The zero-order valence-electron chi connectivity index (χ0n) is 16.8. The Hall–Kier alpha value is -3.01. The molecule has 0 atom stereocenters. The summed E-state index contributed by atoms with van der Waals surface area (Å²) < 4.78 is 28.2. The number of hydrogen-bond donors (Lipinski definition) is 1. The summed E-state index contributed by atoms with van der Waals surface area (Å²) in [4.78, 5) is 26.2. The molecule has 1 aromatic carbocycles. The molecule has 31 heavy (non-hydrogen) atoms. The van der Waals surface area contributed by atoms with E-state index in [-0.39, 0.29) is 17.2 Å². The predicted octanol–water partition coefficient (Wildman–Crippen LogP) is 3.69. The number of ketones is 1. The number of sulfonamides is 1. The van der Waals surface area contributed by atoms with Crippen LogP contribution in [-0.4, -0.2) is 29.2 Å². The first kappa shape index (κ1) is 21.2. The second-order valence-electron chi connectivity index (χ2n) is 6.98. The average Bonchev–Trinajstić information content (AvgIpc) is 3.21. The Labute approximate surface area is 184 Å². The number of carbonyl (C=O) groups is 1. The summed E-state index contributed by atoms with van der Waals surface area (Å²) in [5.74, 6) is -0.0555. The average molecular weight is 453 g/mol. The van der Waals surface area contributed by atoms with Crippen LogP contribution in [0, 0.1) is 6.92 Å². The number of carbonyl (C=O) groups excluding carboxylic acids is 1. The molecule has 7 nitrogen and oxygen atoms in total. The van der Waals surface area contributed by atoms with Gasteiger partial charge in [0.1, 0.15) is 10.6 Å². The highest BCUT2D eigenvalue weighted by Gasteiger charge is 2.18. The van der Waals surface area contributed by atoms with E-state index in [1.54, 1.807) is 48.0 Å². The number of pyridine rings is 2. The van der Waals surface area contributed by atoms with Crippen molar-refractivity contribution in [3.05, 3.63) is 82.2 Å². The number of Topliss-reactive ketones (excluding diaryl/α,β-unsaturated/α-hetero) is 1. The number of hydrogen-bond acceptors (Lipinski definition) is 7. The molecule has 0 amide bonds. The third-order valence-electron chi connectivity index (χ3n) is 4.73. The van der Waals surface area contributed by atoms with Crippen molar-refractivity contribution in [2.45, 2.75) is 31.2 Å². The summed E-state index contributed by atoms with van der Waals surface area (Å²) in [6.45, 7) is 1.99. The Morgan fingerprint density at radius 1 is 1.03 bits per heavy atom. The highest BCUT2D eigenvalue weighted by Crippen LogP contribution is 2.21. The maximum Gasteiger partial charge on any atom is 0.243 e. The number of fused-ring (bicyclic) bond motifs is 1. The van der Waals surface area contributed by atoms with Crippen molar-refractivity contribution in [2.75, 3.05) is 0 Å². The van der Waals surface area contributed by atoms with Crippen molar-refractivity contribution in [1.82, 2.24) is 19.7 Å². The minimum Gasteiger partial charge on any atom is -0.292 e. The van der Waals surface area contributed by atoms with Crippen LogP contribution in [0.3, 0.4) is 0 Å². The lowest BCUT2D eigenvalue weighted by molar-refractivity contribution is 0.0978. The van der Waals surface area contributed by atoms with Crippen LogP contribution in [0.25, 0.3) is 10.9 Å². The molecule has 0 aliphatic carbocycles. The molecule has 0 bridgehead atoms. The van der Waals surface area contributed by atoms with Crippen molar-refractivity contribution in [3.63, 3.8) is 0 Å². The van der Waals surface area contributed by atoms with E-state index in [2.05, 4.69) is 19.7 Å². The minimum atomic E-state index is -3.76. The number of benzene rings is 1. The Balaban J connectivity index is 1.40. The first-order valence-electron chi connectivity index (χ1n) is 9.65. The highest BCUT2D eigenvalue weighted by molar-refractivity contribution is 7.89. The predicted molar refractivity (Wildman–Crippen MR) is 120 cm³/mol. The van der Waals surface area contributed by atoms with Gasteiger partial charge in [-0.2, -0.15) is 0 Å². The molecule has 158 valence electrons. The molecule has 0 saturated heterocycles. The Morgan fingerprint density at radius 2 is 1.87 bits per heavy atom. The smallest absolute Gasteiger partial charge is 0.243 e. The zero-order valence-corrected chi connectivity index (χ0v) is 18.4. The fourth-order valence-corrected chi connectivity index (χ4v) is 5.12. The van der Waals surface area contributed by atoms with Crippen LogP contribution in [0.1, 0.15) is 32.4 Å². The van der Waals surface area contributed by atoms with Gasteiger partial charge in [-0.3, -0.25) is 14.8 Å². The van der Waals surface area contributed by atoms with Gasteiger partial charge in [0.05, 0.1) is 10.5 Å². The molecule has 0 spiro atoms. The van der Waals surface area contributed by atoms with Gasteiger partial charge in [-0.25, -0.2) is 18.1 Å². The van der Waals surface area contributed by atoms with Crippen LogP contribution in [0.15, 0.2) is 66.0 Å². The van der Waals surface area contributed by atoms with Gasteiger partial charge in [-0.15, -0.1) is 11.3 Å². The monoisotopic (exact) mass is 452 g/mol. The van der Waals surface area contributed by atoms with Crippen LogP contribution in [0.5, 0.6) is 0 Å². The molecule has 1 N–H and O–H groups in total. The van der Waals surface area contributed by atoms with Crippen molar-refractivity contribution in [2.24, 2.45) is 0 Å². The lowest BCUT2D eigenvalue weighted by Crippen LogP contribution is -2.23. The summed E-state index contributed by atoms with van der Waals surface area (Å²) >= 11 is 1.58. The molecule has 0 saturated carbocycles. The Bertz CT molecular complexity index is 1330. The molecule has 3 aromatic heterocycles. The largest absolute Gasteiger partial charge is 0.292 e. The Morgan fingerprint density at radius 3 is 2.61 bits per heavy atom. The number of nitrogens with zero attached hydrogens (tertiary/aromatic N) is 3. The first-order chi connectivity index (χ1) is 14.9. The summed E-state index contributed by atoms with van der Waals surface area (Å²) in [5.41, 5.74) is 1.45. The summed E-state index contributed by atoms with van der Waals surface area (Å²) in [7, 11) is -3.76. The lowest BCUT2D eigenvalue weighted by Gasteiger charge is -2.09. The van der Waals surface area contributed by atoms with E-state index < -0.39 is 10.0 Å². The quantitative estimate of drug-likeness (QED) is 0.409. The van der Waals surface area contributed by atoms with Crippen molar-refractivity contribution in [3.8, 4) is 0 Å². The molecule has 9 heteroatoms. The number of aromatic nitrogens is 3. The van der Waals surface area contributed by atoms with Gasteiger partial charge in [0.2, 0.25) is 10.0 Å². The van der Waals surface area contributed by atoms with Crippen molar-refractivity contribution >= 4 is 38.0 Å². The van der Waals surface area contributed by atoms with E-state index >= 15 is 0 Å². The molecule has 4 rings (SSSR count). The SMILES string of the molecule is Cc1ncc(CCC(=O)c2ccc(CNS(=O)(=O)c3cccc4cccnc34)cn2)s1. The lowest BCUT2D eigenvalue weighted by atomic mass is 10.1. The van der Waals surface area contributed by atoms with Crippen LogP contribution < -0.4 is 4.72 Å². The van der Waals surface area contributed by atoms with Crippen molar-refractivity contribution in [1.29, 1.82) is 0 Å². The summed E-state index contributed by atoms with van der Waals surface area (Å²) in [6.07, 6.45) is 5.87. The van der Waals surface area contributed by atoms with Gasteiger partial charge in [-0.1, -0.05) is 24.3 Å². The molecule has 3 heterocycles. The molecular weight excluding hydrogens is 432 g/mol. The Kier molecular flexibility index (Phi) is 6.17. The van der Waals surface area contributed by atoms with Crippen LogP contribution in [0.2, 0.25) is 0 Å². The standard InChI is InChI=1S/C22H20N4O3S2/c1-15-24-14-18(30-15)8-10-20(27)19-9-7-16(12-25-19)13-26-31(28,29)21-6-2-4-17-5-3-11-23-22(17)21/h2-7,9,11-12,14,26H,8,10,13H2,1H3. The van der Waals surface area contributed by atoms with Gasteiger partial charge in [0, 0.05) is 41.8 Å². The van der Waals surface area contributed by atoms with Gasteiger partial charge in [0.15, 0.2) is 5.78 Å². The van der Waals surface area contributed by atoms with E-state index in [9.17, 15) is 13.2 Å². The molecule has 0 radical (unpaired) electrons. The van der Waals surface area contributed by atoms with E-state index in [4.69, 9.17) is 0 Å². The minimum absolute atomic E-state index is 0.0555. The van der Waals surface area contributed by atoms with Gasteiger partial charge in [-0.05, 0) is 37.1 Å². The third-order valence-corrected chi connectivity index (χ3v) is 7.13. The number of thiazole rings is 1. The van der Waals surface area contributed by atoms with Crippen LogP contribution in [-0.2, 0) is 23.0 Å². The fraction of sp³-hybridized carbons (Fsp3) is 0.182.